The lowest BCUT2D eigenvalue weighted by molar-refractivity contribution is 0.0897. The van der Waals surface area contributed by atoms with E-state index in [1.54, 1.807) is 0 Å². The molecule has 7 heteroatoms. The van der Waals surface area contributed by atoms with Crippen molar-refractivity contribution in [1.82, 2.24) is 5.32 Å². The molecule has 1 saturated carbocycles. The number of phenols is 1. The fourth-order valence-electron chi connectivity index (χ4n) is 2.50. The standard InChI is InChI=1S/C13H15F3N2O2/c14-8-5-7(9(15)11(19)10(8)16)12(20)18-13(6-17)3-1-2-4-13/h5,19H,1-4,6,17H2,(H,18,20). The van der Waals surface area contributed by atoms with Crippen molar-refractivity contribution in [3.8, 4) is 5.75 Å². The molecule has 110 valence electrons. The first-order valence-corrected chi connectivity index (χ1v) is 6.29. The predicted octanol–water partition coefficient (Wildman–Crippen LogP) is 1.81. The molecule has 2 rings (SSSR count). The van der Waals surface area contributed by atoms with E-state index in [1.165, 1.54) is 0 Å². The number of nitrogens with two attached hydrogens (primary N) is 1. The summed E-state index contributed by atoms with van der Waals surface area (Å²) in [6.07, 6.45) is 3.05. The van der Waals surface area contributed by atoms with Crippen LogP contribution in [0.4, 0.5) is 13.2 Å². The third-order valence-corrected chi connectivity index (χ3v) is 3.71. The van der Waals surface area contributed by atoms with Crippen LogP contribution in [0.1, 0.15) is 36.0 Å². The molecule has 1 aliphatic carbocycles. The zero-order chi connectivity index (χ0) is 14.9. The number of aromatic hydroxyl groups is 1. The Hall–Kier alpha value is -1.76. The Morgan fingerprint density at radius 2 is 1.90 bits per heavy atom. The summed E-state index contributed by atoms with van der Waals surface area (Å²) >= 11 is 0. The van der Waals surface area contributed by atoms with Gasteiger partial charge in [0.2, 0.25) is 5.82 Å². The largest absolute Gasteiger partial charge is 0.503 e. The van der Waals surface area contributed by atoms with Crippen molar-refractivity contribution in [2.75, 3.05) is 6.54 Å². The normalized spacial score (nSPS) is 17.2. The Morgan fingerprint density at radius 1 is 1.30 bits per heavy atom. The number of rotatable bonds is 3. The summed E-state index contributed by atoms with van der Waals surface area (Å²) in [5, 5.41) is 11.7. The van der Waals surface area contributed by atoms with Crippen LogP contribution < -0.4 is 11.1 Å². The molecule has 0 heterocycles. The van der Waals surface area contributed by atoms with E-state index >= 15 is 0 Å². The van der Waals surface area contributed by atoms with Gasteiger partial charge in [-0.05, 0) is 18.9 Å². The van der Waals surface area contributed by atoms with E-state index in [0.717, 1.165) is 12.8 Å². The molecule has 4 nitrogen and oxygen atoms in total. The average molecular weight is 288 g/mol. The fraction of sp³-hybridized carbons (Fsp3) is 0.462. The number of nitrogens with one attached hydrogen (secondary N) is 1. The maximum absolute atomic E-state index is 13.6. The van der Waals surface area contributed by atoms with E-state index in [-0.39, 0.29) is 6.54 Å². The van der Waals surface area contributed by atoms with Crippen molar-refractivity contribution in [3.63, 3.8) is 0 Å². The summed E-state index contributed by atoms with van der Waals surface area (Å²) in [6, 6.07) is 0.429. The van der Waals surface area contributed by atoms with Crippen molar-refractivity contribution >= 4 is 5.91 Å². The molecule has 1 amide bonds. The van der Waals surface area contributed by atoms with Gasteiger partial charge in [0.25, 0.3) is 5.91 Å². The van der Waals surface area contributed by atoms with Crippen molar-refractivity contribution in [1.29, 1.82) is 0 Å². The molecule has 1 aromatic rings. The van der Waals surface area contributed by atoms with Gasteiger partial charge in [-0.25, -0.2) is 8.78 Å². The van der Waals surface area contributed by atoms with Gasteiger partial charge in [-0.2, -0.15) is 4.39 Å². The number of carbonyl (C=O) groups excluding carboxylic acids is 1. The second-order valence-electron chi connectivity index (χ2n) is 5.03. The molecule has 0 saturated heterocycles. The molecule has 1 aliphatic rings. The van der Waals surface area contributed by atoms with Crippen LogP contribution in [0.5, 0.6) is 5.75 Å². The molecule has 0 radical (unpaired) electrons. The van der Waals surface area contributed by atoms with Crippen LogP contribution in [0.3, 0.4) is 0 Å². The van der Waals surface area contributed by atoms with Crippen molar-refractivity contribution in [2.24, 2.45) is 5.73 Å². The SMILES string of the molecule is NCC1(NC(=O)c2cc(F)c(F)c(O)c2F)CCCC1. The van der Waals surface area contributed by atoms with Crippen LogP contribution in [0.15, 0.2) is 6.07 Å². The van der Waals surface area contributed by atoms with Gasteiger partial charge in [0.15, 0.2) is 17.4 Å². The van der Waals surface area contributed by atoms with E-state index in [4.69, 9.17) is 10.8 Å². The Labute approximate surface area is 113 Å². The van der Waals surface area contributed by atoms with Crippen LogP contribution in [0.25, 0.3) is 0 Å². The first-order valence-electron chi connectivity index (χ1n) is 6.29. The van der Waals surface area contributed by atoms with E-state index in [1.807, 2.05) is 0 Å². The van der Waals surface area contributed by atoms with E-state index < -0.39 is 40.2 Å². The van der Waals surface area contributed by atoms with Gasteiger partial charge in [0, 0.05) is 6.54 Å². The molecule has 20 heavy (non-hydrogen) atoms. The molecule has 0 aliphatic heterocycles. The number of hydrogen-bond acceptors (Lipinski definition) is 3. The highest BCUT2D eigenvalue weighted by Crippen LogP contribution is 2.30. The molecule has 1 fully saturated rings. The summed E-state index contributed by atoms with van der Waals surface area (Å²) < 4.78 is 39.8. The van der Waals surface area contributed by atoms with Gasteiger partial charge < -0.3 is 16.2 Å². The molecule has 0 unspecified atom stereocenters. The maximum atomic E-state index is 13.6. The lowest BCUT2D eigenvalue weighted by Crippen LogP contribution is -2.51. The molecule has 0 bridgehead atoms. The van der Waals surface area contributed by atoms with Crippen molar-refractivity contribution < 1.29 is 23.1 Å². The second kappa shape index (κ2) is 5.32. The van der Waals surface area contributed by atoms with Gasteiger partial charge in [-0.3, -0.25) is 4.79 Å². The minimum Gasteiger partial charge on any atom is -0.503 e. The molecule has 4 N–H and O–H groups in total. The number of benzene rings is 1. The van der Waals surface area contributed by atoms with Crippen LogP contribution in [-0.2, 0) is 0 Å². The minimum atomic E-state index is -1.71. The third-order valence-electron chi connectivity index (χ3n) is 3.71. The highest BCUT2D eigenvalue weighted by atomic mass is 19.2. The van der Waals surface area contributed by atoms with E-state index in [9.17, 15) is 18.0 Å². The number of amides is 1. The van der Waals surface area contributed by atoms with E-state index in [2.05, 4.69) is 5.32 Å². The van der Waals surface area contributed by atoms with Crippen LogP contribution in [-0.4, -0.2) is 23.1 Å². The summed E-state index contributed by atoms with van der Waals surface area (Å²) in [5.41, 5.74) is 4.24. The lowest BCUT2D eigenvalue weighted by atomic mass is 9.97. The minimum absolute atomic E-state index is 0.177. The van der Waals surface area contributed by atoms with E-state index in [0.29, 0.717) is 18.9 Å². The van der Waals surface area contributed by atoms with Gasteiger partial charge in [-0.15, -0.1) is 0 Å². The smallest absolute Gasteiger partial charge is 0.254 e. The quantitative estimate of drug-likeness (QED) is 0.742. The topological polar surface area (TPSA) is 75.3 Å². The molecule has 0 aromatic heterocycles. The number of carbonyl (C=O) groups is 1. The molecule has 1 aromatic carbocycles. The van der Waals surface area contributed by atoms with Crippen LogP contribution in [0.2, 0.25) is 0 Å². The first kappa shape index (κ1) is 14.6. The Morgan fingerprint density at radius 3 is 2.45 bits per heavy atom. The van der Waals surface area contributed by atoms with Gasteiger partial charge in [0.05, 0.1) is 11.1 Å². The first-order chi connectivity index (χ1) is 9.40. The molecular formula is C13H15F3N2O2. The summed E-state index contributed by atoms with van der Waals surface area (Å²) in [6.45, 7) is 0.177. The number of phenolic OH excluding ortho intramolecular Hbond substituents is 1. The van der Waals surface area contributed by atoms with Crippen LogP contribution in [0, 0.1) is 17.5 Å². The van der Waals surface area contributed by atoms with Gasteiger partial charge in [-0.1, -0.05) is 12.8 Å². The molecule has 0 spiro atoms. The number of halogens is 3. The second-order valence-corrected chi connectivity index (χ2v) is 5.03. The highest BCUT2D eigenvalue weighted by molar-refractivity contribution is 5.95. The average Bonchev–Trinajstić information content (AvgIpc) is 2.89. The Balaban J connectivity index is 2.30. The monoisotopic (exact) mass is 288 g/mol. The highest BCUT2D eigenvalue weighted by Gasteiger charge is 2.35. The van der Waals surface area contributed by atoms with Gasteiger partial charge in [0.1, 0.15) is 0 Å². The van der Waals surface area contributed by atoms with Crippen molar-refractivity contribution in [2.45, 2.75) is 31.2 Å². The third kappa shape index (κ3) is 2.45. The van der Waals surface area contributed by atoms with Crippen LogP contribution >= 0.6 is 0 Å². The molecular weight excluding hydrogens is 273 g/mol. The fourth-order valence-corrected chi connectivity index (χ4v) is 2.50. The molecule has 0 atom stereocenters. The summed E-state index contributed by atoms with van der Waals surface area (Å²) in [7, 11) is 0. The Bertz CT molecular complexity index is 543. The maximum Gasteiger partial charge on any atom is 0.254 e. The number of hydrogen-bond donors (Lipinski definition) is 3. The zero-order valence-corrected chi connectivity index (χ0v) is 10.7. The summed E-state index contributed by atoms with van der Waals surface area (Å²) in [4.78, 5) is 12.0. The predicted molar refractivity (Wildman–Crippen MR) is 65.7 cm³/mol. The Kier molecular flexibility index (Phi) is 3.89. The summed E-state index contributed by atoms with van der Waals surface area (Å²) in [5.74, 6) is -7.09. The zero-order valence-electron chi connectivity index (χ0n) is 10.7. The van der Waals surface area contributed by atoms with Gasteiger partial charge >= 0.3 is 0 Å². The lowest BCUT2D eigenvalue weighted by Gasteiger charge is -2.28. The van der Waals surface area contributed by atoms with Crippen molar-refractivity contribution in [3.05, 3.63) is 29.1 Å².